The maximum absolute atomic E-state index is 12.1. The maximum atomic E-state index is 12.1. The van der Waals surface area contributed by atoms with Crippen LogP contribution in [0.4, 0.5) is 8.78 Å². The molecule has 1 N–H and O–H groups in total. The van der Waals surface area contributed by atoms with E-state index in [0.717, 1.165) is 12.1 Å². The number of alkyl halides is 2. The monoisotopic (exact) mass is 334 g/mol. The number of nitrogens with zero attached hydrogens (tertiary/aromatic N) is 1. The van der Waals surface area contributed by atoms with E-state index in [0.29, 0.717) is 12.1 Å². The standard InChI is InChI=1S/C18H20F2N2O2/c1-22(2)12-14-5-3-13(4-6-14)11-21-17(23)15-7-9-16(10-8-15)24-18(19)20/h3-10,18H,11-12H2,1-2H3,(H,21,23). The van der Waals surface area contributed by atoms with E-state index in [1.165, 1.54) is 29.8 Å². The van der Waals surface area contributed by atoms with E-state index >= 15 is 0 Å². The zero-order valence-corrected chi connectivity index (χ0v) is 13.6. The summed E-state index contributed by atoms with van der Waals surface area (Å²) in [4.78, 5) is 14.1. The molecule has 2 aromatic carbocycles. The number of rotatable bonds is 7. The number of benzene rings is 2. The lowest BCUT2D eigenvalue weighted by Crippen LogP contribution is -2.22. The van der Waals surface area contributed by atoms with Gasteiger partial charge in [0.2, 0.25) is 0 Å². The first-order chi connectivity index (χ1) is 11.4. The first-order valence-electron chi connectivity index (χ1n) is 7.49. The molecule has 2 rings (SSSR count). The van der Waals surface area contributed by atoms with Crippen molar-refractivity contribution in [3.05, 3.63) is 65.2 Å². The lowest BCUT2D eigenvalue weighted by Gasteiger charge is -2.10. The van der Waals surface area contributed by atoms with Crippen LogP contribution in [-0.2, 0) is 13.1 Å². The van der Waals surface area contributed by atoms with E-state index in [1.54, 1.807) is 0 Å². The van der Waals surface area contributed by atoms with Crippen LogP contribution in [0, 0.1) is 0 Å². The summed E-state index contributed by atoms with van der Waals surface area (Å²) >= 11 is 0. The molecule has 6 heteroatoms. The van der Waals surface area contributed by atoms with E-state index in [-0.39, 0.29) is 11.7 Å². The second-order valence-corrected chi connectivity index (χ2v) is 5.64. The number of carbonyl (C=O) groups is 1. The molecule has 0 spiro atoms. The molecule has 0 aliphatic carbocycles. The van der Waals surface area contributed by atoms with Gasteiger partial charge < -0.3 is 15.0 Å². The number of hydrogen-bond donors (Lipinski definition) is 1. The van der Waals surface area contributed by atoms with Gasteiger partial charge in [0.05, 0.1) is 0 Å². The molecular formula is C18H20F2N2O2. The van der Waals surface area contributed by atoms with Crippen molar-refractivity contribution in [2.75, 3.05) is 14.1 Å². The minimum absolute atomic E-state index is 0.0260. The van der Waals surface area contributed by atoms with Crippen LogP contribution in [-0.4, -0.2) is 31.5 Å². The molecule has 0 atom stereocenters. The molecule has 0 aliphatic rings. The third-order valence-electron chi connectivity index (χ3n) is 3.32. The predicted molar refractivity (Wildman–Crippen MR) is 88.1 cm³/mol. The first-order valence-corrected chi connectivity index (χ1v) is 7.49. The summed E-state index contributed by atoms with van der Waals surface area (Å²) in [7, 11) is 4.01. The van der Waals surface area contributed by atoms with Crippen molar-refractivity contribution >= 4 is 5.91 Å². The topological polar surface area (TPSA) is 41.6 Å². The van der Waals surface area contributed by atoms with Gasteiger partial charge in [-0.25, -0.2) is 0 Å². The fourth-order valence-corrected chi connectivity index (χ4v) is 2.20. The van der Waals surface area contributed by atoms with Gasteiger partial charge in [0, 0.05) is 18.7 Å². The van der Waals surface area contributed by atoms with Crippen LogP contribution < -0.4 is 10.1 Å². The molecule has 0 fully saturated rings. The van der Waals surface area contributed by atoms with Gasteiger partial charge in [-0.3, -0.25) is 4.79 Å². The zero-order valence-electron chi connectivity index (χ0n) is 13.6. The van der Waals surface area contributed by atoms with Gasteiger partial charge >= 0.3 is 6.61 Å². The molecule has 0 saturated carbocycles. The van der Waals surface area contributed by atoms with E-state index in [2.05, 4.69) is 15.0 Å². The summed E-state index contributed by atoms with van der Waals surface area (Å²) in [6, 6.07) is 13.6. The van der Waals surface area contributed by atoms with E-state index in [4.69, 9.17) is 0 Å². The number of amides is 1. The van der Waals surface area contributed by atoms with Crippen molar-refractivity contribution in [3.63, 3.8) is 0 Å². The number of hydrogen-bond acceptors (Lipinski definition) is 3. The molecule has 0 radical (unpaired) electrons. The first kappa shape index (κ1) is 17.9. The maximum Gasteiger partial charge on any atom is 0.387 e. The second kappa shape index (κ2) is 8.40. The molecule has 0 unspecified atom stereocenters. The van der Waals surface area contributed by atoms with Crippen LogP contribution in [0.25, 0.3) is 0 Å². The molecular weight excluding hydrogens is 314 g/mol. The van der Waals surface area contributed by atoms with Gasteiger partial charge in [0.1, 0.15) is 5.75 Å². The highest BCUT2D eigenvalue weighted by Crippen LogP contribution is 2.15. The average molecular weight is 334 g/mol. The molecule has 2 aromatic rings. The zero-order chi connectivity index (χ0) is 17.5. The van der Waals surface area contributed by atoms with E-state index in [9.17, 15) is 13.6 Å². The molecule has 0 heterocycles. The van der Waals surface area contributed by atoms with Crippen molar-refractivity contribution in [2.24, 2.45) is 0 Å². The van der Waals surface area contributed by atoms with Crippen LogP contribution in [0.5, 0.6) is 5.75 Å². The van der Waals surface area contributed by atoms with Gasteiger partial charge in [-0.05, 0) is 49.5 Å². The SMILES string of the molecule is CN(C)Cc1ccc(CNC(=O)c2ccc(OC(F)F)cc2)cc1. The Morgan fingerprint density at radius 1 is 1.04 bits per heavy atom. The summed E-state index contributed by atoms with van der Waals surface area (Å²) in [5.41, 5.74) is 2.58. The van der Waals surface area contributed by atoms with Gasteiger partial charge in [0.25, 0.3) is 5.91 Å². The van der Waals surface area contributed by atoms with Gasteiger partial charge in [-0.2, -0.15) is 8.78 Å². The molecule has 0 aliphatic heterocycles. The summed E-state index contributed by atoms with van der Waals surface area (Å²) in [5.74, 6) is -0.242. The normalized spacial score (nSPS) is 10.9. The molecule has 24 heavy (non-hydrogen) atoms. The Balaban J connectivity index is 1.88. The van der Waals surface area contributed by atoms with Crippen molar-refractivity contribution < 1.29 is 18.3 Å². The number of ether oxygens (including phenoxy) is 1. The summed E-state index contributed by atoms with van der Waals surface area (Å²) in [5, 5.41) is 2.80. The average Bonchev–Trinajstić information content (AvgIpc) is 2.53. The molecule has 1 amide bonds. The van der Waals surface area contributed by atoms with Crippen molar-refractivity contribution in [1.82, 2.24) is 10.2 Å². The lowest BCUT2D eigenvalue weighted by molar-refractivity contribution is -0.0498. The molecule has 0 bridgehead atoms. The number of carbonyl (C=O) groups excluding carboxylic acids is 1. The predicted octanol–water partition coefficient (Wildman–Crippen LogP) is 3.28. The van der Waals surface area contributed by atoms with Crippen LogP contribution in [0.2, 0.25) is 0 Å². The third kappa shape index (κ3) is 5.62. The van der Waals surface area contributed by atoms with Gasteiger partial charge in [-0.1, -0.05) is 24.3 Å². The highest BCUT2D eigenvalue weighted by Gasteiger charge is 2.08. The second-order valence-electron chi connectivity index (χ2n) is 5.64. The minimum Gasteiger partial charge on any atom is -0.435 e. The minimum atomic E-state index is -2.87. The lowest BCUT2D eigenvalue weighted by atomic mass is 10.1. The Hall–Kier alpha value is -2.47. The number of halogens is 2. The van der Waals surface area contributed by atoms with Crippen molar-refractivity contribution in [2.45, 2.75) is 19.7 Å². The van der Waals surface area contributed by atoms with Gasteiger partial charge in [0.15, 0.2) is 0 Å². The molecule has 0 aromatic heterocycles. The molecule has 4 nitrogen and oxygen atoms in total. The van der Waals surface area contributed by atoms with Crippen molar-refractivity contribution in [3.8, 4) is 5.75 Å². The Morgan fingerprint density at radius 2 is 1.62 bits per heavy atom. The summed E-state index contributed by atoms with van der Waals surface area (Å²) < 4.78 is 28.4. The third-order valence-corrected chi connectivity index (χ3v) is 3.32. The quantitative estimate of drug-likeness (QED) is 0.845. The summed E-state index contributed by atoms with van der Waals surface area (Å²) in [6.45, 7) is -1.61. The highest BCUT2D eigenvalue weighted by molar-refractivity contribution is 5.94. The Bertz CT molecular complexity index is 656. The number of nitrogens with one attached hydrogen (secondary N) is 1. The van der Waals surface area contributed by atoms with Crippen LogP contribution in [0.1, 0.15) is 21.5 Å². The van der Waals surface area contributed by atoms with Crippen LogP contribution >= 0.6 is 0 Å². The highest BCUT2D eigenvalue weighted by atomic mass is 19.3. The summed E-state index contributed by atoms with van der Waals surface area (Å²) in [6.07, 6.45) is 0. The Labute approximate surface area is 140 Å². The van der Waals surface area contributed by atoms with Gasteiger partial charge in [-0.15, -0.1) is 0 Å². The van der Waals surface area contributed by atoms with Crippen molar-refractivity contribution in [1.29, 1.82) is 0 Å². The Kier molecular flexibility index (Phi) is 6.26. The van der Waals surface area contributed by atoms with E-state index < -0.39 is 6.61 Å². The van der Waals surface area contributed by atoms with Crippen LogP contribution in [0.3, 0.4) is 0 Å². The fraction of sp³-hybridized carbons (Fsp3) is 0.278. The largest absolute Gasteiger partial charge is 0.435 e. The Morgan fingerprint density at radius 3 is 2.17 bits per heavy atom. The van der Waals surface area contributed by atoms with E-state index in [1.807, 2.05) is 38.4 Å². The smallest absolute Gasteiger partial charge is 0.387 e. The fourth-order valence-electron chi connectivity index (χ4n) is 2.20. The molecule has 128 valence electrons. The van der Waals surface area contributed by atoms with Crippen LogP contribution in [0.15, 0.2) is 48.5 Å². The molecule has 0 saturated heterocycles.